The van der Waals surface area contributed by atoms with E-state index >= 15 is 0 Å². The van der Waals surface area contributed by atoms with Gasteiger partial charge in [-0.25, -0.2) is 9.82 Å². The molecule has 0 aliphatic rings. The van der Waals surface area contributed by atoms with Gasteiger partial charge in [-0.1, -0.05) is 0 Å². The SMILES string of the molecule is O=C(COc1ccc(F)cc1)N/N=C\c1ccc([N+](=O)[O-])cc1. The number of hydrogen-bond donors (Lipinski definition) is 1. The monoisotopic (exact) mass is 317 g/mol. The second kappa shape index (κ2) is 7.64. The van der Waals surface area contributed by atoms with Crippen molar-refractivity contribution in [2.24, 2.45) is 5.10 Å². The van der Waals surface area contributed by atoms with Crippen LogP contribution in [0.1, 0.15) is 5.56 Å². The summed E-state index contributed by atoms with van der Waals surface area (Å²) in [6, 6.07) is 10.9. The second-order valence-corrected chi connectivity index (χ2v) is 4.38. The van der Waals surface area contributed by atoms with Crippen LogP contribution >= 0.6 is 0 Å². The van der Waals surface area contributed by atoms with E-state index in [1.54, 1.807) is 0 Å². The van der Waals surface area contributed by atoms with E-state index in [0.717, 1.165) is 0 Å². The van der Waals surface area contributed by atoms with E-state index in [1.165, 1.54) is 54.7 Å². The minimum absolute atomic E-state index is 0.0288. The summed E-state index contributed by atoms with van der Waals surface area (Å²) in [5, 5.41) is 14.2. The van der Waals surface area contributed by atoms with Crippen LogP contribution in [0.25, 0.3) is 0 Å². The zero-order valence-corrected chi connectivity index (χ0v) is 11.8. The zero-order chi connectivity index (χ0) is 16.7. The van der Waals surface area contributed by atoms with Crippen molar-refractivity contribution in [3.63, 3.8) is 0 Å². The molecule has 2 aromatic rings. The standard InChI is InChI=1S/C15H12FN3O4/c16-12-3-7-14(8-4-12)23-10-15(20)18-17-9-11-1-5-13(6-2-11)19(21)22/h1-9H,10H2,(H,18,20)/b17-9-. The molecule has 118 valence electrons. The smallest absolute Gasteiger partial charge is 0.277 e. The summed E-state index contributed by atoms with van der Waals surface area (Å²) in [6.07, 6.45) is 1.35. The fourth-order valence-corrected chi connectivity index (χ4v) is 1.57. The van der Waals surface area contributed by atoms with Crippen LogP contribution in [0.3, 0.4) is 0 Å². The molecule has 0 aliphatic heterocycles. The predicted molar refractivity (Wildman–Crippen MR) is 80.7 cm³/mol. The van der Waals surface area contributed by atoms with E-state index in [-0.39, 0.29) is 12.3 Å². The Kier molecular flexibility index (Phi) is 5.35. The molecule has 7 nitrogen and oxygen atoms in total. The highest BCUT2D eigenvalue weighted by molar-refractivity contribution is 5.83. The number of rotatable bonds is 6. The molecule has 0 fully saturated rings. The molecule has 0 saturated carbocycles. The fraction of sp³-hybridized carbons (Fsp3) is 0.0667. The number of nitrogens with one attached hydrogen (secondary N) is 1. The summed E-state index contributed by atoms with van der Waals surface area (Å²) < 4.78 is 17.8. The van der Waals surface area contributed by atoms with Crippen molar-refractivity contribution in [2.45, 2.75) is 0 Å². The Morgan fingerprint density at radius 2 is 1.87 bits per heavy atom. The number of halogens is 1. The highest BCUT2D eigenvalue weighted by Gasteiger charge is 2.03. The van der Waals surface area contributed by atoms with Gasteiger partial charge in [-0.2, -0.15) is 5.10 Å². The summed E-state index contributed by atoms with van der Waals surface area (Å²) >= 11 is 0. The first-order valence-corrected chi connectivity index (χ1v) is 6.49. The third-order valence-corrected chi connectivity index (χ3v) is 2.69. The van der Waals surface area contributed by atoms with Crippen LogP contribution in [0.2, 0.25) is 0 Å². The van der Waals surface area contributed by atoms with Crippen molar-refractivity contribution in [3.05, 3.63) is 70.0 Å². The van der Waals surface area contributed by atoms with Crippen LogP contribution < -0.4 is 10.2 Å². The van der Waals surface area contributed by atoms with Crippen molar-refractivity contribution in [2.75, 3.05) is 6.61 Å². The lowest BCUT2D eigenvalue weighted by Gasteiger charge is -2.04. The molecule has 0 unspecified atom stereocenters. The van der Waals surface area contributed by atoms with Gasteiger partial charge in [-0.15, -0.1) is 0 Å². The lowest BCUT2D eigenvalue weighted by molar-refractivity contribution is -0.384. The van der Waals surface area contributed by atoms with Gasteiger partial charge in [0.25, 0.3) is 11.6 Å². The number of hydrogen-bond acceptors (Lipinski definition) is 5. The normalized spacial score (nSPS) is 10.5. The lowest BCUT2D eigenvalue weighted by atomic mass is 10.2. The van der Waals surface area contributed by atoms with Gasteiger partial charge in [0.1, 0.15) is 11.6 Å². The minimum atomic E-state index is -0.504. The van der Waals surface area contributed by atoms with Crippen molar-refractivity contribution in [1.82, 2.24) is 5.43 Å². The molecule has 0 radical (unpaired) electrons. The zero-order valence-electron chi connectivity index (χ0n) is 11.8. The number of hydrazone groups is 1. The summed E-state index contributed by atoms with van der Waals surface area (Å²) in [5.41, 5.74) is 2.81. The molecule has 2 rings (SSSR count). The van der Waals surface area contributed by atoms with E-state index in [0.29, 0.717) is 11.3 Å². The first-order chi connectivity index (χ1) is 11.0. The molecular weight excluding hydrogens is 305 g/mol. The Hall–Kier alpha value is -3.29. The van der Waals surface area contributed by atoms with Gasteiger partial charge >= 0.3 is 0 Å². The molecule has 1 amide bonds. The van der Waals surface area contributed by atoms with Gasteiger partial charge in [-0.05, 0) is 42.0 Å². The van der Waals surface area contributed by atoms with E-state index < -0.39 is 16.6 Å². The molecule has 8 heteroatoms. The predicted octanol–water partition coefficient (Wildman–Crippen LogP) is 2.26. The number of carbonyl (C=O) groups excluding carboxylic acids is 1. The van der Waals surface area contributed by atoms with Crippen molar-refractivity contribution in [3.8, 4) is 5.75 Å². The van der Waals surface area contributed by atoms with E-state index in [4.69, 9.17) is 4.74 Å². The van der Waals surface area contributed by atoms with Crippen molar-refractivity contribution < 1.29 is 18.8 Å². The van der Waals surface area contributed by atoms with Crippen LogP contribution in [-0.4, -0.2) is 23.7 Å². The van der Waals surface area contributed by atoms with E-state index in [9.17, 15) is 19.3 Å². The Balaban J connectivity index is 1.79. The lowest BCUT2D eigenvalue weighted by Crippen LogP contribution is -2.24. The number of amides is 1. The number of non-ortho nitro benzene ring substituents is 1. The average molecular weight is 317 g/mol. The van der Waals surface area contributed by atoms with Crippen LogP contribution in [0.15, 0.2) is 53.6 Å². The number of nitrogens with zero attached hydrogens (tertiary/aromatic N) is 2. The van der Waals surface area contributed by atoms with Gasteiger partial charge < -0.3 is 4.74 Å². The molecule has 0 heterocycles. The topological polar surface area (TPSA) is 93.8 Å². The van der Waals surface area contributed by atoms with Crippen LogP contribution in [0, 0.1) is 15.9 Å². The Morgan fingerprint density at radius 3 is 2.48 bits per heavy atom. The summed E-state index contributed by atoms with van der Waals surface area (Å²) in [6.45, 7) is -0.275. The Bertz CT molecular complexity index is 715. The first-order valence-electron chi connectivity index (χ1n) is 6.49. The third kappa shape index (κ3) is 5.20. The molecule has 2 aromatic carbocycles. The Morgan fingerprint density at radius 1 is 1.22 bits per heavy atom. The fourth-order valence-electron chi connectivity index (χ4n) is 1.57. The first kappa shape index (κ1) is 16.1. The van der Waals surface area contributed by atoms with Gasteiger partial charge in [0.15, 0.2) is 6.61 Å². The molecule has 23 heavy (non-hydrogen) atoms. The summed E-state index contributed by atoms with van der Waals surface area (Å²) in [5.74, 6) is -0.525. The van der Waals surface area contributed by atoms with Crippen molar-refractivity contribution >= 4 is 17.8 Å². The largest absolute Gasteiger partial charge is 0.484 e. The maximum atomic E-state index is 12.7. The van der Waals surface area contributed by atoms with Crippen molar-refractivity contribution in [1.29, 1.82) is 0 Å². The van der Waals surface area contributed by atoms with Gasteiger partial charge in [-0.3, -0.25) is 14.9 Å². The molecule has 0 spiro atoms. The third-order valence-electron chi connectivity index (χ3n) is 2.69. The molecular formula is C15H12FN3O4. The maximum absolute atomic E-state index is 12.7. The van der Waals surface area contributed by atoms with Crippen LogP contribution in [0.4, 0.5) is 10.1 Å². The number of nitro benzene ring substituents is 1. The minimum Gasteiger partial charge on any atom is -0.484 e. The molecule has 0 atom stereocenters. The molecule has 0 saturated heterocycles. The van der Waals surface area contributed by atoms with Crippen LogP contribution in [-0.2, 0) is 4.79 Å². The number of benzene rings is 2. The summed E-state index contributed by atoms with van der Waals surface area (Å²) in [7, 11) is 0. The van der Waals surface area contributed by atoms with Gasteiger partial charge in [0, 0.05) is 12.1 Å². The molecule has 0 aliphatic carbocycles. The van der Waals surface area contributed by atoms with Crippen LogP contribution in [0.5, 0.6) is 5.75 Å². The number of ether oxygens (including phenoxy) is 1. The highest BCUT2D eigenvalue weighted by Crippen LogP contribution is 2.11. The maximum Gasteiger partial charge on any atom is 0.277 e. The second-order valence-electron chi connectivity index (χ2n) is 4.38. The molecule has 0 bridgehead atoms. The van der Waals surface area contributed by atoms with E-state index in [1.807, 2.05) is 0 Å². The van der Waals surface area contributed by atoms with Gasteiger partial charge in [0.05, 0.1) is 11.1 Å². The Labute approximate surface area is 130 Å². The number of nitro groups is 1. The average Bonchev–Trinajstić information content (AvgIpc) is 2.55. The summed E-state index contributed by atoms with van der Waals surface area (Å²) in [4.78, 5) is 21.5. The number of carbonyl (C=O) groups is 1. The molecule has 1 N–H and O–H groups in total. The van der Waals surface area contributed by atoms with E-state index in [2.05, 4.69) is 10.5 Å². The molecule has 0 aromatic heterocycles. The highest BCUT2D eigenvalue weighted by atomic mass is 19.1. The van der Waals surface area contributed by atoms with Gasteiger partial charge in [0.2, 0.25) is 0 Å². The quantitative estimate of drug-likeness (QED) is 0.502.